The Morgan fingerprint density at radius 3 is 2.79 bits per heavy atom. The first-order valence-corrected chi connectivity index (χ1v) is 9.01. The minimum atomic E-state index is 0.0631. The molecule has 0 saturated heterocycles. The molecule has 0 bridgehead atoms. The second-order valence-corrected chi connectivity index (χ2v) is 7.54. The zero-order valence-electron chi connectivity index (χ0n) is 13.9. The van der Waals surface area contributed by atoms with Gasteiger partial charge >= 0.3 is 0 Å². The summed E-state index contributed by atoms with van der Waals surface area (Å²) in [5.41, 5.74) is 4.75. The monoisotopic (exact) mass is 340 g/mol. The van der Waals surface area contributed by atoms with Gasteiger partial charge in [-0.05, 0) is 86.1 Å². The van der Waals surface area contributed by atoms with Crippen molar-refractivity contribution in [2.24, 2.45) is 0 Å². The van der Waals surface area contributed by atoms with Crippen LogP contribution in [0.15, 0.2) is 36.4 Å². The van der Waals surface area contributed by atoms with Gasteiger partial charge in [0.05, 0.1) is 6.61 Å². The van der Waals surface area contributed by atoms with E-state index in [1.807, 2.05) is 24.3 Å². The quantitative estimate of drug-likeness (QED) is 0.672. The first-order chi connectivity index (χ1) is 11.6. The number of aryl methyl sites for hydroxylation is 2. The first kappa shape index (κ1) is 15.7. The Bertz CT molecular complexity index is 811. The molecule has 0 radical (unpaired) electrons. The predicted molar refractivity (Wildman–Crippen MR) is 96.3 cm³/mol. The van der Waals surface area contributed by atoms with Crippen molar-refractivity contribution in [1.29, 1.82) is 0 Å². The molecule has 2 nitrogen and oxygen atoms in total. The Hall–Kier alpha value is -1.80. The number of carbonyl (C=O) groups excluding carboxylic acids is 1. The third-order valence-corrected chi connectivity index (χ3v) is 5.82. The standard InChI is InChI=1S/C21H21ClO2/c1-14(23)15-4-7-20-17(11-15)8-10-21(13-24-20)9-2-3-16-12-18(22)5-6-19(16)21/h4-7,11-12H,2-3,8-10,13H2,1H3/t21-/m0/s1. The topological polar surface area (TPSA) is 26.3 Å². The first-order valence-electron chi connectivity index (χ1n) is 8.63. The van der Waals surface area contributed by atoms with Crippen LogP contribution in [0.2, 0.25) is 5.02 Å². The van der Waals surface area contributed by atoms with Crippen LogP contribution in [0, 0.1) is 0 Å². The Morgan fingerprint density at radius 1 is 1.08 bits per heavy atom. The van der Waals surface area contributed by atoms with Crippen molar-refractivity contribution in [1.82, 2.24) is 0 Å². The molecule has 2 aliphatic rings. The highest BCUT2D eigenvalue weighted by Crippen LogP contribution is 2.44. The molecule has 1 aliphatic heterocycles. The van der Waals surface area contributed by atoms with E-state index in [1.54, 1.807) is 6.92 Å². The number of ketones is 1. The molecule has 1 spiro atoms. The predicted octanol–water partition coefficient (Wildman–Crippen LogP) is 5.14. The van der Waals surface area contributed by atoms with Crippen molar-refractivity contribution in [3.63, 3.8) is 0 Å². The number of Topliss-reactive ketones (excluding diaryl/α,β-unsaturated/α-hetero) is 1. The van der Waals surface area contributed by atoms with Crippen LogP contribution in [0.25, 0.3) is 0 Å². The lowest BCUT2D eigenvalue weighted by Crippen LogP contribution is -2.36. The number of hydrogen-bond acceptors (Lipinski definition) is 2. The van der Waals surface area contributed by atoms with Crippen LogP contribution >= 0.6 is 11.6 Å². The Kier molecular flexibility index (Phi) is 3.88. The van der Waals surface area contributed by atoms with Gasteiger partial charge in [-0.15, -0.1) is 0 Å². The Balaban J connectivity index is 1.70. The smallest absolute Gasteiger partial charge is 0.159 e. The summed E-state index contributed by atoms with van der Waals surface area (Å²) in [5, 5.41) is 0.815. The molecule has 1 atom stereocenters. The van der Waals surface area contributed by atoms with Crippen LogP contribution in [-0.2, 0) is 18.3 Å². The molecule has 2 aromatic carbocycles. The van der Waals surface area contributed by atoms with Crippen LogP contribution < -0.4 is 4.74 Å². The number of rotatable bonds is 1. The van der Waals surface area contributed by atoms with Gasteiger partial charge in [0, 0.05) is 16.0 Å². The molecule has 24 heavy (non-hydrogen) atoms. The highest BCUT2D eigenvalue weighted by molar-refractivity contribution is 6.30. The maximum atomic E-state index is 11.7. The molecule has 0 aromatic heterocycles. The second-order valence-electron chi connectivity index (χ2n) is 7.10. The summed E-state index contributed by atoms with van der Waals surface area (Å²) >= 11 is 6.19. The fourth-order valence-electron chi connectivity index (χ4n) is 4.24. The van der Waals surface area contributed by atoms with E-state index in [4.69, 9.17) is 16.3 Å². The highest BCUT2D eigenvalue weighted by atomic mass is 35.5. The molecule has 0 fully saturated rings. The number of carbonyl (C=O) groups is 1. The van der Waals surface area contributed by atoms with Gasteiger partial charge in [0.2, 0.25) is 0 Å². The molecule has 0 N–H and O–H groups in total. The normalized spacial score (nSPS) is 22.2. The molecule has 4 rings (SSSR count). The lowest BCUT2D eigenvalue weighted by molar-refractivity contribution is 0.101. The van der Waals surface area contributed by atoms with E-state index in [-0.39, 0.29) is 11.2 Å². The molecule has 1 aliphatic carbocycles. The van der Waals surface area contributed by atoms with Gasteiger partial charge in [0.1, 0.15) is 5.75 Å². The summed E-state index contributed by atoms with van der Waals surface area (Å²) < 4.78 is 6.22. The van der Waals surface area contributed by atoms with Gasteiger partial charge in [-0.1, -0.05) is 17.7 Å². The number of halogens is 1. The molecule has 3 heteroatoms. The fraction of sp³-hybridized carbons (Fsp3) is 0.381. The highest BCUT2D eigenvalue weighted by Gasteiger charge is 2.39. The fourth-order valence-corrected chi connectivity index (χ4v) is 4.44. The minimum absolute atomic E-state index is 0.0631. The molecule has 0 saturated carbocycles. The van der Waals surface area contributed by atoms with E-state index >= 15 is 0 Å². The minimum Gasteiger partial charge on any atom is -0.492 e. The molecule has 124 valence electrons. The SMILES string of the molecule is CC(=O)c1ccc2c(c1)CC[C@@]1(CCCc3cc(Cl)ccc31)CO2. The molecular formula is C21H21ClO2. The van der Waals surface area contributed by atoms with Crippen LogP contribution in [0.4, 0.5) is 0 Å². The Morgan fingerprint density at radius 2 is 1.96 bits per heavy atom. The van der Waals surface area contributed by atoms with Crippen LogP contribution in [0.3, 0.4) is 0 Å². The van der Waals surface area contributed by atoms with Crippen LogP contribution in [-0.4, -0.2) is 12.4 Å². The number of benzene rings is 2. The third-order valence-electron chi connectivity index (χ3n) is 5.58. The van der Waals surface area contributed by atoms with Crippen molar-refractivity contribution in [2.45, 2.75) is 44.4 Å². The second kappa shape index (κ2) is 5.93. The van der Waals surface area contributed by atoms with Gasteiger partial charge in [-0.3, -0.25) is 4.79 Å². The van der Waals surface area contributed by atoms with Gasteiger partial charge in [0.15, 0.2) is 5.78 Å². The molecule has 0 amide bonds. The maximum absolute atomic E-state index is 11.7. The average molecular weight is 341 g/mol. The average Bonchev–Trinajstić information content (AvgIpc) is 2.75. The summed E-state index contributed by atoms with van der Waals surface area (Å²) in [7, 11) is 0. The van der Waals surface area contributed by atoms with Gasteiger partial charge in [-0.25, -0.2) is 0 Å². The molecule has 1 heterocycles. The van der Waals surface area contributed by atoms with E-state index in [1.165, 1.54) is 17.5 Å². The van der Waals surface area contributed by atoms with E-state index in [0.29, 0.717) is 6.61 Å². The van der Waals surface area contributed by atoms with E-state index in [0.717, 1.165) is 47.6 Å². The maximum Gasteiger partial charge on any atom is 0.159 e. The number of hydrogen-bond donors (Lipinski definition) is 0. The van der Waals surface area contributed by atoms with Gasteiger partial charge < -0.3 is 4.74 Å². The van der Waals surface area contributed by atoms with E-state index < -0.39 is 0 Å². The van der Waals surface area contributed by atoms with Crippen molar-refractivity contribution in [3.05, 3.63) is 63.7 Å². The van der Waals surface area contributed by atoms with Crippen LogP contribution in [0.1, 0.15) is 53.2 Å². The van der Waals surface area contributed by atoms with Crippen LogP contribution in [0.5, 0.6) is 5.75 Å². The van der Waals surface area contributed by atoms with Crippen molar-refractivity contribution in [3.8, 4) is 5.75 Å². The van der Waals surface area contributed by atoms with E-state index in [2.05, 4.69) is 12.1 Å². The summed E-state index contributed by atoms with van der Waals surface area (Å²) in [4.78, 5) is 11.7. The molecule has 2 aromatic rings. The summed E-state index contributed by atoms with van der Waals surface area (Å²) in [5.74, 6) is 1.03. The lowest BCUT2D eigenvalue weighted by Gasteiger charge is -2.38. The zero-order valence-corrected chi connectivity index (χ0v) is 14.7. The molecular weight excluding hydrogens is 320 g/mol. The largest absolute Gasteiger partial charge is 0.492 e. The third kappa shape index (κ3) is 2.63. The van der Waals surface area contributed by atoms with Crippen molar-refractivity contribution in [2.75, 3.05) is 6.61 Å². The van der Waals surface area contributed by atoms with Gasteiger partial charge in [-0.2, -0.15) is 0 Å². The molecule has 0 unspecified atom stereocenters. The summed E-state index contributed by atoms with van der Waals surface area (Å²) in [6.07, 6.45) is 5.41. The van der Waals surface area contributed by atoms with Gasteiger partial charge in [0.25, 0.3) is 0 Å². The lowest BCUT2D eigenvalue weighted by atomic mass is 9.68. The summed E-state index contributed by atoms with van der Waals surface area (Å²) in [6.45, 7) is 2.32. The van der Waals surface area contributed by atoms with Crippen molar-refractivity contribution < 1.29 is 9.53 Å². The van der Waals surface area contributed by atoms with E-state index in [9.17, 15) is 4.79 Å². The van der Waals surface area contributed by atoms with Crippen molar-refractivity contribution >= 4 is 17.4 Å². The number of fused-ring (bicyclic) bond motifs is 3. The zero-order chi connectivity index (χ0) is 16.7. The number of ether oxygens (including phenoxy) is 1. The summed E-state index contributed by atoms with van der Waals surface area (Å²) in [6, 6.07) is 12.1. The Labute approximate surface area is 147 Å².